The van der Waals surface area contributed by atoms with E-state index in [1.165, 1.54) is 0 Å². The van der Waals surface area contributed by atoms with E-state index in [2.05, 4.69) is 38.0 Å². The third-order valence-corrected chi connectivity index (χ3v) is 4.94. The molecule has 0 aliphatic heterocycles. The number of nitrogens with one attached hydrogen (secondary N) is 2. The van der Waals surface area contributed by atoms with Gasteiger partial charge in [0.2, 0.25) is 0 Å². The Morgan fingerprint density at radius 1 is 1.36 bits per heavy atom. The maximum Gasteiger partial charge on any atom is 0.251 e. The number of aromatic amines is 1. The highest BCUT2D eigenvalue weighted by molar-refractivity contribution is 5.93. The van der Waals surface area contributed by atoms with Gasteiger partial charge in [0.15, 0.2) is 0 Å². The smallest absolute Gasteiger partial charge is 0.251 e. The van der Waals surface area contributed by atoms with Gasteiger partial charge in [-0.15, -0.1) is 0 Å². The summed E-state index contributed by atoms with van der Waals surface area (Å²) in [5, 5.41) is 8.07. The molecule has 8 heteroatoms. The van der Waals surface area contributed by atoms with Crippen molar-refractivity contribution in [1.29, 1.82) is 0 Å². The normalized spacial score (nSPS) is 15.8. The van der Waals surface area contributed by atoms with Gasteiger partial charge in [0.05, 0.1) is 11.7 Å². The summed E-state index contributed by atoms with van der Waals surface area (Å²) in [7, 11) is 1.71. The molecule has 4 aromatic rings. The second-order valence-corrected chi connectivity index (χ2v) is 6.79. The van der Waals surface area contributed by atoms with Gasteiger partial charge < -0.3 is 10.3 Å². The van der Waals surface area contributed by atoms with E-state index in [1.807, 2.05) is 41.4 Å². The largest absolute Gasteiger partial charge is 0.345 e. The van der Waals surface area contributed by atoms with Gasteiger partial charge in [-0.25, -0.2) is 23.3 Å². The maximum atomic E-state index is 11.9. The van der Waals surface area contributed by atoms with Crippen LogP contribution in [0.4, 0.5) is 8.78 Å². The molecule has 0 unspecified atom stereocenters. The highest BCUT2D eigenvalue weighted by atomic mass is 19.3. The second kappa shape index (κ2) is 7.12. The van der Waals surface area contributed by atoms with Crippen molar-refractivity contribution >= 4 is 22.6 Å². The lowest BCUT2D eigenvalue weighted by Gasteiger charge is -2.34. The van der Waals surface area contributed by atoms with Gasteiger partial charge in [-0.3, -0.25) is 0 Å². The summed E-state index contributed by atoms with van der Waals surface area (Å²) < 4.78 is 25.7. The number of hydrogen-bond acceptors (Lipinski definition) is 4. The van der Waals surface area contributed by atoms with E-state index in [0.29, 0.717) is 0 Å². The topological polar surface area (TPSA) is 70.9 Å². The average Bonchev–Trinajstić information content (AvgIpc) is 3.29. The molecule has 0 atom stereocenters. The number of halogens is 2. The Morgan fingerprint density at radius 2 is 2.18 bits per heavy atom. The zero-order chi connectivity index (χ0) is 19.7. The molecule has 0 aromatic carbocycles. The van der Waals surface area contributed by atoms with Crippen LogP contribution in [0.2, 0.25) is 0 Å². The number of H-pyrrole nitrogens is 1. The molecule has 5 rings (SSSR count). The van der Waals surface area contributed by atoms with Crippen LogP contribution < -0.4 is 5.32 Å². The Kier molecular flexibility index (Phi) is 4.64. The van der Waals surface area contributed by atoms with Gasteiger partial charge in [-0.1, -0.05) is 12.7 Å². The number of aromatic nitrogens is 5. The molecule has 0 amide bonds. The zero-order valence-corrected chi connectivity index (χ0v) is 15.4. The number of hydrogen-bond donors (Lipinski definition) is 2. The lowest BCUT2D eigenvalue weighted by atomic mass is 9.88. The van der Waals surface area contributed by atoms with Crippen LogP contribution in [0.15, 0.2) is 49.8 Å². The lowest BCUT2D eigenvalue weighted by Crippen LogP contribution is -2.46. The predicted molar refractivity (Wildman–Crippen MR) is 105 cm³/mol. The molecule has 4 heterocycles. The zero-order valence-electron chi connectivity index (χ0n) is 15.4. The third kappa shape index (κ3) is 3.38. The molecule has 6 nitrogen and oxygen atoms in total. The maximum absolute atomic E-state index is 11.9. The Hall–Kier alpha value is -3.13. The van der Waals surface area contributed by atoms with Crippen molar-refractivity contribution < 1.29 is 8.78 Å². The summed E-state index contributed by atoms with van der Waals surface area (Å²) in [6.07, 6.45) is 10.9. The van der Waals surface area contributed by atoms with Crippen LogP contribution in [0.1, 0.15) is 18.4 Å². The van der Waals surface area contributed by atoms with Crippen LogP contribution in [0.3, 0.4) is 0 Å². The summed E-state index contributed by atoms with van der Waals surface area (Å²) >= 11 is 0. The molecule has 0 saturated heterocycles. The molecule has 0 radical (unpaired) electrons. The van der Waals surface area contributed by atoms with Gasteiger partial charge in [0, 0.05) is 54.0 Å². The SMILES string of the molecule is C=Cc1cnn2ccc(-c3c[nH]c4ncncc34)cc12.CNC1CC(F)(F)C1. The van der Waals surface area contributed by atoms with E-state index >= 15 is 0 Å². The highest BCUT2D eigenvalue weighted by Gasteiger charge is 2.44. The monoisotopic (exact) mass is 382 g/mol. The number of fused-ring (bicyclic) bond motifs is 2. The molecule has 0 bridgehead atoms. The van der Waals surface area contributed by atoms with E-state index in [0.717, 1.165) is 33.2 Å². The molecular formula is C20H20F2N6. The molecule has 0 spiro atoms. The molecule has 1 aliphatic carbocycles. The molecule has 1 aliphatic rings. The second-order valence-electron chi connectivity index (χ2n) is 6.79. The molecule has 2 N–H and O–H groups in total. The summed E-state index contributed by atoms with van der Waals surface area (Å²) in [6, 6.07) is 4.19. The molecule has 1 fully saturated rings. The summed E-state index contributed by atoms with van der Waals surface area (Å²) in [5.74, 6) is -2.37. The van der Waals surface area contributed by atoms with E-state index < -0.39 is 5.92 Å². The van der Waals surface area contributed by atoms with Gasteiger partial charge >= 0.3 is 0 Å². The molecular weight excluding hydrogens is 362 g/mol. The average molecular weight is 382 g/mol. The van der Waals surface area contributed by atoms with E-state index in [-0.39, 0.29) is 18.9 Å². The first-order chi connectivity index (χ1) is 13.5. The molecule has 1 saturated carbocycles. The molecule has 28 heavy (non-hydrogen) atoms. The first-order valence-corrected chi connectivity index (χ1v) is 8.93. The van der Waals surface area contributed by atoms with Gasteiger partial charge in [0.1, 0.15) is 12.0 Å². The van der Waals surface area contributed by atoms with Crippen molar-refractivity contribution in [2.24, 2.45) is 0 Å². The highest BCUT2D eigenvalue weighted by Crippen LogP contribution is 2.36. The van der Waals surface area contributed by atoms with Gasteiger partial charge in [-0.05, 0) is 24.7 Å². The van der Waals surface area contributed by atoms with E-state index in [1.54, 1.807) is 13.4 Å². The van der Waals surface area contributed by atoms with Crippen molar-refractivity contribution in [3.8, 4) is 11.1 Å². The Labute approximate surface area is 160 Å². The first-order valence-electron chi connectivity index (χ1n) is 8.93. The minimum atomic E-state index is -2.37. The minimum Gasteiger partial charge on any atom is -0.345 e. The van der Waals surface area contributed by atoms with Crippen LogP contribution in [0.25, 0.3) is 33.8 Å². The quantitative estimate of drug-likeness (QED) is 0.563. The van der Waals surface area contributed by atoms with Crippen LogP contribution in [0.5, 0.6) is 0 Å². The number of rotatable bonds is 3. The van der Waals surface area contributed by atoms with E-state index in [9.17, 15) is 8.78 Å². The first kappa shape index (κ1) is 18.2. The fourth-order valence-electron chi connectivity index (χ4n) is 3.29. The molecule has 4 aromatic heterocycles. The van der Waals surface area contributed by atoms with Gasteiger partial charge in [-0.2, -0.15) is 5.10 Å². The number of nitrogens with zero attached hydrogens (tertiary/aromatic N) is 4. The van der Waals surface area contributed by atoms with Crippen molar-refractivity contribution in [3.05, 3.63) is 55.4 Å². The van der Waals surface area contributed by atoms with Crippen LogP contribution in [-0.4, -0.2) is 43.6 Å². The number of alkyl halides is 2. The lowest BCUT2D eigenvalue weighted by molar-refractivity contribution is -0.0910. The van der Waals surface area contributed by atoms with Crippen LogP contribution in [-0.2, 0) is 0 Å². The predicted octanol–water partition coefficient (Wildman–Crippen LogP) is 3.92. The van der Waals surface area contributed by atoms with Crippen molar-refractivity contribution in [2.75, 3.05) is 7.05 Å². The summed E-state index contributed by atoms with van der Waals surface area (Å²) in [4.78, 5) is 11.5. The summed E-state index contributed by atoms with van der Waals surface area (Å²) in [6.45, 7) is 3.82. The van der Waals surface area contributed by atoms with Crippen LogP contribution in [0, 0.1) is 0 Å². The van der Waals surface area contributed by atoms with Gasteiger partial charge in [0.25, 0.3) is 5.92 Å². The van der Waals surface area contributed by atoms with Crippen molar-refractivity contribution in [1.82, 2.24) is 29.9 Å². The van der Waals surface area contributed by atoms with E-state index in [4.69, 9.17) is 0 Å². The van der Waals surface area contributed by atoms with Crippen LogP contribution >= 0.6 is 0 Å². The van der Waals surface area contributed by atoms with Crippen molar-refractivity contribution in [3.63, 3.8) is 0 Å². The fraction of sp³-hybridized carbons (Fsp3) is 0.250. The summed E-state index contributed by atoms with van der Waals surface area (Å²) in [5.41, 5.74) is 5.07. The molecule has 144 valence electrons. The standard InChI is InChI=1S/C15H11N5.C5H9F2N/c1-2-10-6-19-20-4-3-11(5-14(10)20)12-8-17-15-13(12)7-16-9-18-15;1-8-4-2-5(6,7)3-4/h2-9H,1H2,(H,16,17,18);4,8H,2-3H2,1H3. The Balaban J connectivity index is 0.000000203. The third-order valence-electron chi connectivity index (χ3n) is 4.94. The van der Waals surface area contributed by atoms with Crippen molar-refractivity contribution in [2.45, 2.75) is 24.8 Å². The Bertz CT molecular complexity index is 1120. The number of pyridine rings is 1. The fourth-order valence-corrected chi connectivity index (χ4v) is 3.29. The minimum absolute atomic E-state index is 0.0174. The Morgan fingerprint density at radius 3 is 2.86 bits per heavy atom.